The first kappa shape index (κ1) is 24.8. The minimum Gasteiger partial charge on any atom is -0.477 e. The van der Waals surface area contributed by atoms with Crippen LogP contribution in [0.2, 0.25) is 0 Å². The molecule has 4 rings (SSSR count). The fourth-order valence-electron chi connectivity index (χ4n) is 3.91. The maximum atomic E-state index is 12.1. The van der Waals surface area contributed by atoms with Crippen LogP contribution >= 0.6 is 0 Å². The second-order valence-corrected chi connectivity index (χ2v) is 8.40. The van der Waals surface area contributed by atoms with E-state index in [1.165, 1.54) is 0 Å². The van der Waals surface area contributed by atoms with Crippen LogP contribution in [-0.4, -0.2) is 54.8 Å². The van der Waals surface area contributed by atoms with Crippen LogP contribution in [0.3, 0.4) is 0 Å². The summed E-state index contributed by atoms with van der Waals surface area (Å²) in [6.45, 7) is 5.46. The van der Waals surface area contributed by atoms with E-state index < -0.39 is 11.6 Å². The first-order valence-electron chi connectivity index (χ1n) is 10.8. The summed E-state index contributed by atoms with van der Waals surface area (Å²) in [6.07, 6.45) is 1.43. The van der Waals surface area contributed by atoms with Crippen LogP contribution in [0, 0.1) is 0 Å². The van der Waals surface area contributed by atoms with Crippen LogP contribution in [0.15, 0.2) is 48.5 Å². The molecule has 0 atom stereocenters. The van der Waals surface area contributed by atoms with Gasteiger partial charge in [-0.25, -0.2) is 9.78 Å². The number of nitrogens with one attached hydrogen (secondary N) is 1. The number of aliphatic hydroxyl groups is 1. The predicted molar refractivity (Wildman–Crippen MR) is 128 cm³/mol. The van der Waals surface area contributed by atoms with Gasteiger partial charge in [-0.2, -0.15) is 5.21 Å². The Kier molecular flexibility index (Phi) is 7.31. The topological polar surface area (TPSA) is 130 Å². The Morgan fingerprint density at radius 3 is 2.32 bits per heavy atom. The van der Waals surface area contributed by atoms with Gasteiger partial charge in [-0.15, -0.1) is 10.2 Å². The summed E-state index contributed by atoms with van der Waals surface area (Å²) < 4.78 is 1.70. The molecule has 0 saturated heterocycles. The molecule has 0 aliphatic carbocycles. The van der Waals surface area contributed by atoms with Crippen molar-refractivity contribution in [1.82, 2.24) is 30.2 Å². The SMILES string of the molecule is CCCc1nc(C(C)(C)O)c(C(=O)O)n1Cc1ccc(-c2ccccc2-c2nn[nH]n2)cc1.[B]. The molecule has 4 aromatic rings. The third-order valence-corrected chi connectivity index (χ3v) is 5.42. The molecule has 0 saturated carbocycles. The number of hydrogen-bond acceptors (Lipinski definition) is 6. The lowest BCUT2D eigenvalue weighted by molar-refractivity contribution is 0.0602. The summed E-state index contributed by atoms with van der Waals surface area (Å²) in [7, 11) is 0. The number of carboxylic acid groups (broad SMARTS) is 1. The molecule has 3 radical (unpaired) electrons. The van der Waals surface area contributed by atoms with Crippen molar-refractivity contribution in [3.63, 3.8) is 0 Å². The molecule has 0 aliphatic rings. The van der Waals surface area contributed by atoms with Gasteiger partial charge in [-0.3, -0.25) is 0 Å². The van der Waals surface area contributed by atoms with Crippen molar-refractivity contribution in [1.29, 1.82) is 0 Å². The molecule has 3 N–H and O–H groups in total. The van der Waals surface area contributed by atoms with Crippen molar-refractivity contribution >= 4 is 14.4 Å². The Morgan fingerprint density at radius 1 is 1.09 bits per heavy atom. The fourth-order valence-corrected chi connectivity index (χ4v) is 3.91. The molecule has 0 amide bonds. The van der Waals surface area contributed by atoms with Gasteiger partial charge < -0.3 is 14.8 Å². The molecular formula is C24H26BN6O3. The minimum absolute atomic E-state index is 0. The third kappa shape index (κ3) is 4.91. The van der Waals surface area contributed by atoms with Crippen molar-refractivity contribution < 1.29 is 15.0 Å². The standard InChI is InChI=1S/C24H26N6O3.B/c1-4-7-19-25-21(24(2,3)33)20(23(31)32)30(19)14-15-10-12-16(13-11-15)17-8-5-6-9-18(17)22-26-28-29-27-22;/h5-6,8-13,33H,4,7,14H2,1-3H3,(H,31,32)(H,26,27,28,29);. The largest absolute Gasteiger partial charge is 0.477 e. The highest BCUT2D eigenvalue weighted by Gasteiger charge is 2.31. The molecule has 10 heteroatoms. The zero-order valence-electron chi connectivity index (χ0n) is 19.4. The highest BCUT2D eigenvalue weighted by Crippen LogP contribution is 2.30. The molecule has 0 bridgehead atoms. The number of H-pyrrole nitrogens is 1. The molecule has 9 nitrogen and oxygen atoms in total. The number of aromatic carboxylic acids is 1. The van der Waals surface area contributed by atoms with Crippen LogP contribution in [0.4, 0.5) is 0 Å². The van der Waals surface area contributed by atoms with Gasteiger partial charge in [0.05, 0.1) is 0 Å². The van der Waals surface area contributed by atoms with Crippen LogP contribution < -0.4 is 0 Å². The Balaban J connectivity index is 0.00000324. The molecule has 2 aromatic heterocycles. The van der Waals surface area contributed by atoms with Gasteiger partial charge in [-0.05, 0) is 42.2 Å². The maximum Gasteiger partial charge on any atom is 0.354 e. The quantitative estimate of drug-likeness (QED) is 0.346. The average molecular weight is 457 g/mol. The van der Waals surface area contributed by atoms with E-state index in [0.717, 1.165) is 28.7 Å². The van der Waals surface area contributed by atoms with Gasteiger partial charge in [0, 0.05) is 26.9 Å². The lowest BCUT2D eigenvalue weighted by Crippen LogP contribution is -2.22. The molecule has 2 aromatic carbocycles. The van der Waals surface area contributed by atoms with E-state index in [4.69, 9.17) is 0 Å². The number of imidazole rings is 1. The summed E-state index contributed by atoms with van der Waals surface area (Å²) in [6, 6.07) is 15.7. The second kappa shape index (κ2) is 10.0. The van der Waals surface area contributed by atoms with E-state index in [0.29, 0.717) is 24.6 Å². The summed E-state index contributed by atoms with van der Waals surface area (Å²) in [4.78, 5) is 16.6. The Hall–Kier alpha value is -3.79. The number of rotatable bonds is 8. The van der Waals surface area contributed by atoms with Gasteiger partial charge in [0.2, 0.25) is 5.82 Å². The Morgan fingerprint density at radius 2 is 1.76 bits per heavy atom. The number of benzene rings is 2. The Labute approximate surface area is 199 Å². The predicted octanol–water partition coefficient (Wildman–Crippen LogP) is 3.28. The van der Waals surface area contributed by atoms with Gasteiger partial charge in [-0.1, -0.05) is 55.5 Å². The zero-order chi connectivity index (χ0) is 23.6. The van der Waals surface area contributed by atoms with Crippen molar-refractivity contribution in [2.75, 3.05) is 0 Å². The van der Waals surface area contributed by atoms with E-state index in [-0.39, 0.29) is 19.8 Å². The lowest BCUT2D eigenvalue weighted by Gasteiger charge is -2.16. The first-order valence-corrected chi connectivity index (χ1v) is 10.8. The van der Waals surface area contributed by atoms with Crippen molar-refractivity contribution in [2.45, 2.75) is 45.8 Å². The molecule has 0 aliphatic heterocycles. The number of nitrogens with zero attached hydrogens (tertiary/aromatic N) is 5. The van der Waals surface area contributed by atoms with E-state index in [1.807, 2.05) is 55.5 Å². The van der Waals surface area contributed by atoms with Crippen LogP contribution in [-0.2, 0) is 18.6 Å². The first-order chi connectivity index (χ1) is 15.8. The molecule has 0 unspecified atom stereocenters. The van der Waals surface area contributed by atoms with Crippen molar-refractivity contribution in [3.05, 3.63) is 71.3 Å². The van der Waals surface area contributed by atoms with Crippen molar-refractivity contribution in [2.24, 2.45) is 0 Å². The van der Waals surface area contributed by atoms with Gasteiger partial charge in [0.15, 0.2) is 5.69 Å². The highest BCUT2D eigenvalue weighted by molar-refractivity contribution is 5.87. The minimum atomic E-state index is -1.36. The van der Waals surface area contributed by atoms with Crippen LogP contribution in [0.5, 0.6) is 0 Å². The van der Waals surface area contributed by atoms with E-state index in [1.54, 1.807) is 18.4 Å². The number of carboxylic acids is 1. The summed E-state index contributed by atoms with van der Waals surface area (Å²) in [5, 5.41) is 34.7. The molecule has 0 spiro atoms. The number of aryl methyl sites for hydroxylation is 1. The fraction of sp³-hybridized carbons (Fsp3) is 0.292. The monoisotopic (exact) mass is 457 g/mol. The summed E-state index contributed by atoms with van der Waals surface area (Å²) in [5.74, 6) is 0.0636. The normalized spacial score (nSPS) is 11.3. The number of carbonyl (C=O) groups is 1. The Bertz CT molecular complexity index is 1260. The molecular weight excluding hydrogens is 431 g/mol. The second-order valence-electron chi connectivity index (χ2n) is 8.40. The van der Waals surface area contributed by atoms with Crippen molar-refractivity contribution in [3.8, 4) is 22.5 Å². The molecule has 173 valence electrons. The van der Waals surface area contributed by atoms with Gasteiger partial charge >= 0.3 is 5.97 Å². The zero-order valence-corrected chi connectivity index (χ0v) is 19.4. The van der Waals surface area contributed by atoms with E-state index in [9.17, 15) is 15.0 Å². The number of aromatic nitrogens is 6. The maximum absolute atomic E-state index is 12.1. The molecule has 34 heavy (non-hydrogen) atoms. The lowest BCUT2D eigenvalue weighted by atomic mass is 9.98. The average Bonchev–Trinajstić information content (AvgIpc) is 3.43. The van der Waals surface area contributed by atoms with E-state index >= 15 is 0 Å². The van der Waals surface area contributed by atoms with E-state index in [2.05, 4.69) is 25.6 Å². The van der Waals surface area contributed by atoms with Crippen LogP contribution in [0.1, 0.15) is 54.8 Å². The molecule has 0 fully saturated rings. The van der Waals surface area contributed by atoms with Gasteiger partial charge in [0.1, 0.15) is 17.1 Å². The number of aromatic amines is 1. The summed E-state index contributed by atoms with van der Waals surface area (Å²) in [5.41, 5.74) is 2.59. The van der Waals surface area contributed by atoms with Gasteiger partial charge in [0.25, 0.3) is 0 Å². The van der Waals surface area contributed by atoms with Crippen LogP contribution in [0.25, 0.3) is 22.5 Å². The number of hydrogen-bond donors (Lipinski definition) is 3. The third-order valence-electron chi connectivity index (χ3n) is 5.42. The summed E-state index contributed by atoms with van der Waals surface area (Å²) >= 11 is 0. The molecule has 2 heterocycles. The number of tetrazole rings is 1. The smallest absolute Gasteiger partial charge is 0.354 e. The highest BCUT2D eigenvalue weighted by atomic mass is 16.4.